The highest BCUT2D eigenvalue weighted by Gasteiger charge is 2.50. The van der Waals surface area contributed by atoms with Crippen molar-refractivity contribution in [2.75, 3.05) is 6.54 Å². The monoisotopic (exact) mass is 235 g/mol. The van der Waals surface area contributed by atoms with Gasteiger partial charge in [0, 0.05) is 6.04 Å². The van der Waals surface area contributed by atoms with Crippen molar-refractivity contribution in [2.24, 2.45) is 10.4 Å². The minimum absolute atomic E-state index is 0.136. The highest BCUT2D eigenvalue weighted by Crippen LogP contribution is 2.40. The molecule has 0 aromatic heterocycles. The fourth-order valence-electron chi connectivity index (χ4n) is 2.64. The molecule has 5 nitrogen and oxygen atoms in total. The van der Waals surface area contributed by atoms with Gasteiger partial charge in [0.2, 0.25) is 5.91 Å². The highest BCUT2D eigenvalue weighted by molar-refractivity contribution is 6.19. The van der Waals surface area contributed by atoms with Crippen molar-refractivity contribution in [3.05, 3.63) is 0 Å². The third-order valence-corrected chi connectivity index (χ3v) is 3.93. The molecule has 1 heterocycles. The maximum atomic E-state index is 12.1. The second kappa shape index (κ2) is 3.91. The predicted molar refractivity (Wildman–Crippen MR) is 62.5 cm³/mol. The van der Waals surface area contributed by atoms with Gasteiger partial charge in [-0.25, -0.2) is 0 Å². The normalized spacial score (nSPS) is 27.2. The first-order valence-electron chi connectivity index (χ1n) is 6.37. The zero-order chi connectivity index (χ0) is 11.9. The molecular weight excluding hydrogens is 218 g/mol. The van der Waals surface area contributed by atoms with Gasteiger partial charge < -0.3 is 10.6 Å². The molecule has 2 aliphatic carbocycles. The molecule has 5 heteroatoms. The summed E-state index contributed by atoms with van der Waals surface area (Å²) in [6, 6.07) is 0.548. The second-order valence-electron chi connectivity index (χ2n) is 5.26. The quantitative estimate of drug-likeness (QED) is 0.694. The van der Waals surface area contributed by atoms with Crippen LogP contribution in [0.1, 0.15) is 38.5 Å². The van der Waals surface area contributed by atoms with Crippen LogP contribution in [0.5, 0.6) is 0 Å². The molecule has 2 saturated carbocycles. The molecule has 3 rings (SSSR count). The van der Waals surface area contributed by atoms with Crippen LogP contribution in [0.25, 0.3) is 0 Å². The molecule has 17 heavy (non-hydrogen) atoms. The van der Waals surface area contributed by atoms with Crippen molar-refractivity contribution in [1.82, 2.24) is 10.6 Å². The molecule has 1 spiro atoms. The minimum atomic E-state index is -0.830. The van der Waals surface area contributed by atoms with Gasteiger partial charge in [-0.05, 0) is 25.7 Å². The maximum Gasteiger partial charge on any atom is 0.263 e. The summed E-state index contributed by atoms with van der Waals surface area (Å²) in [4.78, 5) is 28.1. The van der Waals surface area contributed by atoms with Gasteiger partial charge in [-0.2, -0.15) is 4.99 Å². The number of carbonyl (C=O) groups is 2. The van der Waals surface area contributed by atoms with E-state index in [4.69, 9.17) is 0 Å². The average Bonchev–Trinajstić information content (AvgIpc) is 2.99. The van der Waals surface area contributed by atoms with Gasteiger partial charge in [0.25, 0.3) is 5.91 Å². The molecule has 1 aliphatic heterocycles. The van der Waals surface area contributed by atoms with Crippen molar-refractivity contribution in [1.29, 1.82) is 0 Å². The average molecular weight is 235 g/mol. The number of amides is 2. The summed E-state index contributed by atoms with van der Waals surface area (Å²) in [6.07, 6.45) is 5.57. The number of hydrogen-bond donors (Lipinski definition) is 2. The molecule has 0 unspecified atom stereocenters. The Morgan fingerprint density at radius 3 is 2.59 bits per heavy atom. The smallest absolute Gasteiger partial charge is 0.263 e. The minimum Gasteiger partial charge on any atom is -0.312 e. The molecular formula is C12H17N3O2. The van der Waals surface area contributed by atoms with Crippen LogP contribution < -0.4 is 10.6 Å². The lowest BCUT2D eigenvalue weighted by Gasteiger charge is -2.28. The van der Waals surface area contributed by atoms with Crippen LogP contribution in [0.4, 0.5) is 0 Å². The van der Waals surface area contributed by atoms with Crippen molar-refractivity contribution in [3.63, 3.8) is 0 Å². The molecule has 2 fully saturated rings. The Balaban J connectivity index is 1.72. The van der Waals surface area contributed by atoms with Crippen LogP contribution >= 0.6 is 0 Å². The van der Waals surface area contributed by atoms with Crippen LogP contribution in [0.3, 0.4) is 0 Å². The van der Waals surface area contributed by atoms with E-state index in [0.717, 1.165) is 12.8 Å². The number of aliphatic imine (C=N–C) groups is 1. The Labute approximate surface area is 100 Å². The zero-order valence-electron chi connectivity index (χ0n) is 9.79. The maximum absolute atomic E-state index is 12.1. The zero-order valence-corrected chi connectivity index (χ0v) is 9.79. The number of amidine groups is 1. The number of carbonyl (C=O) groups excluding carboxylic acids is 2. The Morgan fingerprint density at radius 2 is 2.00 bits per heavy atom. The molecule has 0 aromatic carbocycles. The van der Waals surface area contributed by atoms with Gasteiger partial charge in [-0.15, -0.1) is 0 Å². The first kappa shape index (κ1) is 10.9. The summed E-state index contributed by atoms with van der Waals surface area (Å²) in [5, 5.41) is 6.04. The molecule has 0 radical (unpaired) electrons. The van der Waals surface area contributed by atoms with Crippen molar-refractivity contribution in [3.8, 4) is 0 Å². The fourth-order valence-corrected chi connectivity index (χ4v) is 2.64. The number of rotatable bonds is 3. The molecule has 92 valence electrons. The van der Waals surface area contributed by atoms with Gasteiger partial charge in [-0.1, -0.05) is 12.8 Å². The SMILES string of the molecule is O=C1N=C(CNC2CC2)NC(=O)C12CCCC2. The van der Waals surface area contributed by atoms with Gasteiger partial charge in [0.15, 0.2) is 0 Å². The van der Waals surface area contributed by atoms with Gasteiger partial charge in [-0.3, -0.25) is 9.59 Å². The van der Waals surface area contributed by atoms with E-state index in [1.54, 1.807) is 0 Å². The largest absolute Gasteiger partial charge is 0.312 e. The third-order valence-electron chi connectivity index (χ3n) is 3.93. The Morgan fingerprint density at radius 1 is 1.29 bits per heavy atom. The summed E-state index contributed by atoms with van der Waals surface area (Å²) in [7, 11) is 0. The van der Waals surface area contributed by atoms with Crippen molar-refractivity contribution in [2.45, 2.75) is 44.6 Å². The lowest BCUT2D eigenvalue weighted by atomic mass is 9.83. The van der Waals surface area contributed by atoms with Crippen LogP contribution in [0, 0.1) is 5.41 Å². The third kappa shape index (κ3) is 1.88. The van der Waals surface area contributed by atoms with E-state index in [-0.39, 0.29) is 11.8 Å². The van der Waals surface area contributed by atoms with Gasteiger partial charge in [0.1, 0.15) is 11.3 Å². The van der Waals surface area contributed by atoms with Crippen LogP contribution in [0.2, 0.25) is 0 Å². The molecule has 0 atom stereocenters. The first-order valence-corrected chi connectivity index (χ1v) is 6.37. The van der Waals surface area contributed by atoms with Gasteiger partial charge >= 0.3 is 0 Å². The lowest BCUT2D eigenvalue weighted by molar-refractivity contribution is -0.141. The summed E-state index contributed by atoms with van der Waals surface area (Å²) in [6.45, 7) is 0.498. The summed E-state index contributed by atoms with van der Waals surface area (Å²) >= 11 is 0. The van der Waals surface area contributed by atoms with E-state index in [1.807, 2.05) is 0 Å². The summed E-state index contributed by atoms with van der Waals surface area (Å²) < 4.78 is 0. The predicted octanol–water partition coefficient (Wildman–Crippen LogP) is 0.354. The van der Waals surface area contributed by atoms with Crippen LogP contribution in [0.15, 0.2) is 4.99 Å². The molecule has 2 N–H and O–H groups in total. The van der Waals surface area contributed by atoms with Crippen molar-refractivity contribution < 1.29 is 9.59 Å². The van der Waals surface area contributed by atoms with Crippen molar-refractivity contribution >= 4 is 17.6 Å². The lowest BCUT2D eigenvalue weighted by Crippen LogP contribution is -2.53. The van der Waals surface area contributed by atoms with E-state index in [9.17, 15) is 9.59 Å². The number of nitrogens with zero attached hydrogens (tertiary/aromatic N) is 1. The second-order valence-corrected chi connectivity index (χ2v) is 5.26. The van der Waals surface area contributed by atoms with Crippen LogP contribution in [-0.4, -0.2) is 30.2 Å². The Bertz CT molecular complexity index is 393. The number of hydrogen-bond acceptors (Lipinski definition) is 3. The van der Waals surface area contributed by atoms with Crippen LogP contribution in [-0.2, 0) is 9.59 Å². The summed E-state index contributed by atoms with van der Waals surface area (Å²) in [5.74, 6) is 0.123. The van der Waals surface area contributed by atoms with Gasteiger partial charge in [0.05, 0.1) is 6.54 Å². The molecule has 0 bridgehead atoms. The molecule has 0 saturated heterocycles. The highest BCUT2D eigenvalue weighted by atomic mass is 16.2. The fraction of sp³-hybridized carbons (Fsp3) is 0.750. The molecule has 0 aromatic rings. The topological polar surface area (TPSA) is 70.6 Å². The molecule has 2 amide bonds. The Kier molecular flexibility index (Phi) is 2.50. The van der Waals surface area contributed by atoms with E-state index in [1.165, 1.54) is 12.8 Å². The number of nitrogens with one attached hydrogen (secondary N) is 2. The van der Waals surface area contributed by atoms with E-state index in [0.29, 0.717) is 31.3 Å². The van der Waals surface area contributed by atoms with E-state index >= 15 is 0 Å². The standard InChI is InChI=1S/C12H17N3O2/c16-10-12(5-1-2-6-12)11(17)15-9(14-10)7-13-8-3-4-8/h8,13H,1-7H2,(H,14,15,16,17). The first-order chi connectivity index (χ1) is 8.21. The Hall–Kier alpha value is -1.23. The molecule has 3 aliphatic rings. The van der Waals surface area contributed by atoms with E-state index in [2.05, 4.69) is 15.6 Å². The van der Waals surface area contributed by atoms with E-state index < -0.39 is 5.41 Å². The summed E-state index contributed by atoms with van der Waals surface area (Å²) in [5.41, 5.74) is -0.830.